The zero-order valence-electron chi connectivity index (χ0n) is 6.44. The minimum Gasteiger partial charge on any atom is -0.463 e. The molecule has 0 unspecified atom stereocenters. The van der Waals surface area contributed by atoms with Gasteiger partial charge in [-0.05, 0) is 28.7 Å². The molecule has 13 heavy (non-hydrogen) atoms. The summed E-state index contributed by atoms with van der Waals surface area (Å²) >= 11 is 2.02. The van der Waals surface area contributed by atoms with Gasteiger partial charge in [0.15, 0.2) is 0 Å². The largest absolute Gasteiger partial charge is 0.463 e. The molecule has 2 aromatic rings. The number of halogens is 1. The highest BCUT2D eigenvalue weighted by Gasteiger charge is 2.11. The molecule has 0 saturated carbocycles. The van der Waals surface area contributed by atoms with Crippen molar-refractivity contribution in [2.75, 3.05) is 0 Å². The number of carbonyl (C=O) groups is 1. The molecule has 4 nitrogen and oxygen atoms in total. The maximum Gasteiger partial charge on any atom is 0.432 e. The van der Waals surface area contributed by atoms with Gasteiger partial charge >= 0.3 is 6.09 Å². The molecule has 1 aromatic heterocycles. The van der Waals surface area contributed by atoms with Crippen molar-refractivity contribution >= 4 is 39.6 Å². The highest BCUT2D eigenvalue weighted by Crippen LogP contribution is 2.19. The predicted molar refractivity (Wildman–Crippen MR) is 55.9 cm³/mol. The molecule has 0 bridgehead atoms. The fourth-order valence-electron chi connectivity index (χ4n) is 1.17. The first-order valence-electron chi connectivity index (χ1n) is 3.56. The summed E-state index contributed by atoms with van der Waals surface area (Å²) in [5.41, 5.74) is 0.624. The van der Waals surface area contributed by atoms with Crippen LogP contribution < -0.4 is 0 Å². The summed E-state index contributed by atoms with van der Waals surface area (Å²) in [6, 6.07) is 7.24. The maximum absolute atomic E-state index is 10.7. The van der Waals surface area contributed by atoms with Gasteiger partial charge in [0.1, 0.15) is 3.70 Å². The number of carboxylic acid groups (broad SMARTS) is 1. The SMILES string of the molecule is O=C(O)n1nc(I)c2ccccc21. The van der Waals surface area contributed by atoms with E-state index in [1.807, 2.05) is 34.7 Å². The highest BCUT2D eigenvalue weighted by atomic mass is 127. The second-order valence-electron chi connectivity index (χ2n) is 2.50. The predicted octanol–water partition coefficient (Wildman–Crippen LogP) is 2.17. The van der Waals surface area contributed by atoms with E-state index >= 15 is 0 Å². The van der Waals surface area contributed by atoms with Crippen LogP contribution in [0.15, 0.2) is 24.3 Å². The second-order valence-corrected chi connectivity index (χ2v) is 3.52. The number of aromatic nitrogens is 2. The molecule has 0 amide bonds. The van der Waals surface area contributed by atoms with E-state index in [9.17, 15) is 4.79 Å². The Labute approximate surface area is 87.3 Å². The quantitative estimate of drug-likeness (QED) is 0.756. The molecule has 66 valence electrons. The lowest BCUT2D eigenvalue weighted by atomic mass is 10.3. The van der Waals surface area contributed by atoms with Crippen LogP contribution in [0.5, 0.6) is 0 Å². The first kappa shape index (κ1) is 8.49. The van der Waals surface area contributed by atoms with Gasteiger partial charge in [0.2, 0.25) is 0 Å². The summed E-state index contributed by atoms with van der Waals surface area (Å²) in [7, 11) is 0. The number of hydrogen-bond donors (Lipinski definition) is 1. The minimum absolute atomic E-state index is 0.624. The standard InChI is InChI=1S/C8H5IN2O2/c9-7-5-3-1-2-4-6(5)11(10-7)8(12)13/h1-4H,(H,12,13). The number of rotatable bonds is 0. The summed E-state index contributed by atoms with van der Waals surface area (Å²) in [5.74, 6) is 0. The third-order valence-corrected chi connectivity index (χ3v) is 2.52. The molecule has 1 N–H and O–H groups in total. The van der Waals surface area contributed by atoms with Crippen LogP contribution >= 0.6 is 22.6 Å². The molecule has 0 fully saturated rings. The molecule has 5 heteroatoms. The molecule has 0 radical (unpaired) electrons. The van der Waals surface area contributed by atoms with Gasteiger partial charge in [-0.1, -0.05) is 18.2 Å². The van der Waals surface area contributed by atoms with Crippen molar-refractivity contribution in [3.63, 3.8) is 0 Å². The summed E-state index contributed by atoms with van der Waals surface area (Å²) in [6.07, 6.45) is -1.06. The lowest BCUT2D eigenvalue weighted by Crippen LogP contribution is -2.09. The van der Waals surface area contributed by atoms with Crippen molar-refractivity contribution in [3.8, 4) is 0 Å². The van der Waals surface area contributed by atoms with Crippen LogP contribution in [-0.4, -0.2) is 21.0 Å². The van der Waals surface area contributed by atoms with Crippen LogP contribution in [0.4, 0.5) is 4.79 Å². The van der Waals surface area contributed by atoms with Gasteiger partial charge < -0.3 is 5.11 Å². The van der Waals surface area contributed by atoms with Gasteiger partial charge in [0, 0.05) is 5.39 Å². The van der Waals surface area contributed by atoms with Gasteiger partial charge in [-0.3, -0.25) is 0 Å². The lowest BCUT2D eigenvalue weighted by molar-refractivity contribution is 0.194. The van der Waals surface area contributed by atoms with Crippen molar-refractivity contribution in [2.45, 2.75) is 0 Å². The number of fused-ring (bicyclic) bond motifs is 1. The van der Waals surface area contributed by atoms with E-state index in [0.29, 0.717) is 9.22 Å². The van der Waals surface area contributed by atoms with Gasteiger partial charge in [-0.25, -0.2) is 4.79 Å². The van der Waals surface area contributed by atoms with Crippen molar-refractivity contribution < 1.29 is 9.90 Å². The molecule has 1 heterocycles. The molecule has 1 aromatic carbocycles. The van der Waals surface area contributed by atoms with Crippen molar-refractivity contribution in [2.24, 2.45) is 0 Å². The van der Waals surface area contributed by atoms with Gasteiger partial charge in [0.25, 0.3) is 0 Å². The molecule has 0 spiro atoms. The summed E-state index contributed by atoms with van der Waals surface area (Å²) < 4.78 is 1.69. The van der Waals surface area contributed by atoms with E-state index in [4.69, 9.17) is 5.11 Å². The number of para-hydroxylation sites is 1. The molecule has 2 rings (SSSR count). The van der Waals surface area contributed by atoms with Crippen LogP contribution in [-0.2, 0) is 0 Å². The summed E-state index contributed by atoms with van der Waals surface area (Å²) in [6.45, 7) is 0. The summed E-state index contributed by atoms with van der Waals surface area (Å²) in [4.78, 5) is 10.7. The fraction of sp³-hybridized carbons (Fsp3) is 0. The Hall–Kier alpha value is -1.11. The molecule has 0 atom stereocenters. The van der Waals surface area contributed by atoms with Crippen LogP contribution in [0.3, 0.4) is 0 Å². The zero-order chi connectivity index (χ0) is 9.42. The van der Waals surface area contributed by atoms with Crippen LogP contribution in [0.1, 0.15) is 0 Å². The van der Waals surface area contributed by atoms with Crippen LogP contribution in [0, 0.1) is 3.70 Å². The topological polar surface area (TPSA) is 55.1 Å². The Morgan fingerprint density at radius 2 is 2.15 bits per heavy atom. The Kier molecular flexibility index (Phi) is 1.95. The molecular weight excluding hydrogens is 283 g/mol. The molecule has 0 saturated heterocycles. The monoisotopic (exact) mass is 288 g/mol. The zero-order valence-corrected chi connectivity index (χ0v) is 8.59. The van der Waals surface area contributed by atoms with E-state index in [1.54, 1.807) is 12.1 Å². The molecule has 0 aliphatic heterocycles. The van der Waals surface area contributed by atoms with E-state index in [0.717, 1.165) is 10.1 Å². The lowest BCUT2D eigenvalue weighted by Gasteiger charge is -1.92. The first-order valence-corrected chi connectivity index (χ1v) is 4.64. The normalized spacial score (nSPS) is 10.5. The average Bonchev–Trinajstić information content (AvgIpc) is 2.45. The first-order chi connectivity index (χ1) is 6.20. The Morgan fingerprint density at radius 3 is 2.85 bits per heavy atom. The smallest absolute Gasteiger partial charge is 0.432 e. The van der Waals surface area contributed by atoms with Gasteiger partial charge in [-0.15, -0.1) is 0 Å². The Morgan fingerprint density at radius 1 is 1.46 bits per heavy atom. The second kappa shape index (κ2) is 2.99. The molecular formula is C8H5IN2O2. The van der Waals surface area contributed by atoms with Gasteiger partial charge in [-0.2, -0.15) is 9.78 Å². The third kappa shape index (κ3) is 1.28. The van der Waals surface area contributed by atoms with E-state index < -0.39 is 6.09 Å². The Bertz CT molecular complexity index is 478. The van der Waals surface area contributed by atoms with Crippen molar-refractivity contribution in [1.29, 1.82) is 0 Å². The summed E-state index contributed by atoms with van der Waals surface area (Å²) in [5, 5.41) is 13.6. The number of nitrogens with zero attached hydrogens (tertiary/aromatic N) is 2. The molecule has 0 aliphatic carbocycles. The number of hydrogen-bond acceptors (Lipinski definition) is 2. The van der Waals surface area contributed by atoms with E-state index in [1.165, 1.54) is 0 Å². The third-order valence-electron chi connectivity index (χ3n) is 1.72. The average molecular weight is 288 g/mol. The maximum atomic E-state index is 10.7. The van der Waals surface area contributed by atoms with Crippen molar-refractivity contribution in [3.05, 3.63) is 28.0 Å². The van der Waals surface area contributed by atoms with E-state index in [2.05, 4.69) is 5.10 Å². The number of benzene rings is 1. The highest BCUT2D eigenvalue weighted by molar-refractivity contribution is 14.1. The van der Waals surface area contributed by atoms with Crippen LogP contribution in [0.25, 0.3) is 10.9 Å². The van der Waals surface area contributed by atoms with Crippen molar-refractivity contribution in [1.82, 2.24) is 9.78 Å². The van der Waals surface area contributed by atoms with E-state index in [-0.39, 0.29) is 0 Å². The van der Waals surface area contributed by atoms with Gasteiger partial charge in [0.05, 0.1) is 5.52 Å². The minimum atomic E-state index is -1.06. The molecule has 0 aliphatic rings. The van der Waals surface area contributed by atoms with Crippen LogP contribution in [0.2, 0.25) is 0 Å². The Balaban J connectivity index is 2.85. The fourth-order valence-corrected chi connectivity index (χ4v) is 1.85.